The number of fused-ring (bicyclic) bond motifs is 1. The average molecular weight is 338 g/mol. The summed E-state index contributed by atoms with van der Waals surface area (Å²) in [5.41, 5.74) is 0.457. The highest BCUT2D eigenvalue weighted by Crippen LogP contribution is 2.36. The number of allylic oxidation sites excluding steroid dienone is 1. The fourth-order valence-corrected chi connectivity index (χ4v) is 2.53. The molecule has 5 nitrogen and oxygen atoms in total. The minimum atomic E-state index is -0.416. The van der Waals surface area contributed by atoms with Crippen LogP contribution in [0.5, 0.6) is 17.2 Å². The van der Waals surface area contributed by atoms with Gasteiger partial charge < -0.3 is 19.7 Å². The summed E-state index contributed by atoms with van der Waals surface area (Å²) in [4.78, 5) is 12.5. The first kappa shape index (κ1) is 16.6. The molecule has 0 spiro atoms. The van der Waals surface area contributed by atoms with Gasteiger partial charge in [0.05, 0.1) is 5.56 Å². The summed E-state index contributed by atoms with van der Waals surface area (Å²) >= 11 is 0. The van der Waals surface area contributed by atoms with Gasteiger partial charge in [-0.25, -0.2) is 0 Å². The molecular formula is C20H18O5. The van der Waals surface area contributed by atoms with Gasteiger partial charge in [0.1, 0.15) is 34.0 Å². The van der Waals surface area contributed by atoms with Crippen LogP contribution >= 0.6 is 0 Å². The summed E-state index contributed by atoms with van der Waals surface area (Å²) in [6.45, 7) is 3.92. The Kier molecular flexibility index (Phi) is 4.23. The number of rotatable bonds is 3. The van der Waals surface area contributed by atoms with Gasteiger partial charge in [-0.05, 0) is 30.2 Å². The maximum absolute atomic E-state index is 12.5. The largest absolute Gasteiger partial charge is 0.508 e. The molecule has 0 fully saturated rings. The lowest BCUT2D eigenvalue weighted by atomic mass is 10.0. The van der Waals surface area contributed by atoms with E-state index in [2.05, 4.69) is 0 Å². The molecule has 3 N–H and O–H groups in total. The third-order valence-corrected chi connectivity index (χ3v) is 3.81. The zero-order chi connectivity index (χ0) is 18.1. The topological polar surface area (TPSA) is 90.9 Å². The lowest BCUT2D eigenvalue weighted by Gasteiger charge is -2.09. The van der Waals surface area contributed by atoms with Crippen molar-refractivity contribution >= 4 is 17.0 Å². The summed E-state index contributed by atoms with van der Waals surface area (Å²) in [6.07, 6.45) is 3.40. The van der Waals surface area contributed by atoms with Crippen LogP contribution in [0.25, 0.3) is 28.4 Å². The predicted octanol–water partition coefficient (Wildman–Crippen LogP) is 4.25. The number of phenolic OH excluding ortho intramolecular Hbond substituents is 3. The molecule has 25 heavy (non-hydrogen) atoms. The quantitative estimate of drug-likeness (QED) is 0.664. The molecule has 0 aliphatic heterocycles. The minimum absolute atomic E-state index is 0.0173. The highest BCUT2D eigenvalue weighted by atomic mass is 16.3. The third kappa shape index (κ3) is 3.21. The van der Waals surface area contributed by atoms with Crippen molar-refractivity contribution in [3.8, 4) is 28.6 Å². The number of hydrogen-bond acceptors (Lipinski definition) is 5. The molecule has 3 rings (SSSR count). The normalized spacial score (nSPS) is 11.6. The Labute approximate surface area is 144 Å². The molecule has 128 valence electrons. The maximum atomic E-state index is 12.5. The van der Waals surface area contributed by atoms with E-state index in [1.165, 1.54) is 24.3 Å². The van der Waals surface area contributed by atoms with Crippen molar-refractivity contribution < 1.29 is 19.7 Å². The van der Waals surface area contributed by atoms with E-state index in [4.69, 9.17) is 4.42 Å². The van der Waals surface area contributed by atoms with Crippen LogP contribution < -0.4 is 5.43 Å². The van der Waals surface area contributed by atoms with Crippen LogP contribution in [0.15, 0.2) is 51.7 Å². The molecule has 0 atom stereocenters. The van der Waals surface area contributed by atoms with Crippen molar-refractivity contribution in [2.24, 2.45) is 5.92 Å². The Morgan fingerprint density at radius 2 is 1.72 bits per heavy atom. The molecule has 1 heterocycles. The molecule has 0 aliphatic carbocycles. The number of phenols is 3. The van der Waals surface area contributed by atoms with Gasteiger partial charge in [0, 0.05) is 17.7 Å². The van der Waals surface area contributed by atoms with Crippen LogP contribution in [-0.4, -0.2) is 15.3 Å². The lowest BCUT2D eigenvalue weighted by molar-refractivity contribution is 0.450. The first-order valence-electron chi connectivity index (χ1n) is 7.87. The van der Waals surface area contributed by atoms with E-state index in [-0.39, 0.29) is 45.5 Å². The summed E-state index contributed by atoms with van der Waals surface area (Å²) < 4.78 is 5.69. The van der Waals surface area contributed by atoms with E-state index in [0.717, 1.165) is 0 Å². The summed E-state index contributed by atoms with van der Waals surface area (Å²) in [5, 5.41) is 30.0. The highest BCUT2D eigenvalue weighted by molar-refractivity contribution is 5.91. The highest BCUT2D eigenvalue weighted by Gasteiger charge is 2.16. The van der Waals surface area contributed by atoms with Crippen molar-refractivity contribution in [3.05, 3.63) is 58.3 Å². The van der Waals surface area contributed by atoms with Crippen LogP contribution in [0.1, 0.15) is 19.4 Å². The summed E-state index contributed by atoms with van der Waals surface area (Å²) in [7, 11) is 0. The van der Waals surface area contributed by atoms with Crippen molar-refractivity contribution in [1.82, 2.24) is 0 Å². The van der Waals surface area contributed by atoms with E-state index >= 15 is 0 Å². The van der Waals surface area contributed by atoms with Crippen molar-refractivity contribution in [1.29, 1.82) is 0 Å². The standard InChI is InChI=1S/C20H18O5/c1-11(2)3-8-14-15(22)9-18-19(20(14)24)16(23)10-17(25-18)12-4-6-13(21)7-5-12/h3-11,21-22,24H,1-2H3/b8-3+. The molecule has 0 saturated carbocycles. The molecule has 3 aromatic rings. The van der Waals surface area contributed by atoms with Gasteiger partial charge in [0.25, 0.3) is 0 Å². The molecule has 0 radical (unpaired) electrons. The van der Waals surface area contributed by atoms with Gasteiger partial charge in [0.2, 0.25) is 0 Å². The Hall–Kier alpha value is -3.21. The van der Waals surface area contributed by atoms with Crippen LogP contribution in [-0.2, 0) is 0 Å². The second kappa shape index (κ2) is 6.36. The smallest absolute Gasteiger partial charge is 0.197 e. The molecule has 5 heteroatoms. The molecule has 0 amide bonds. The van der Waals surface area contributed by atoms with Crippen molar-refractivity contribution in [2.45, 2.75) is 13.8 Å². The zero-order valence-electron chi connectivity index (χ0n) is 13.9. The second-order valence-corrected chi connectivity index (χ2v) is 6.16. The maximum Gasteiger partial charge on any atom is 0.197 e. The lowest BCUT2D eigenvalue weighted by Crippen LogP contribution is -2.01. The van der Waals surface area contributed by atoms with E-state index in [9.17, 15) is 20.1 Å². The first-order chi connectivity index (χ1) is 11.9. The molecule has 1 aromatic heterocycles. The molecular weight excluding hydrogens is 320 g/mol. The Bertz CT molecular complexity index is 1010. The molecule has 2 aromatic carbocycles. The van der Waals surface area contributed by atoms with E-state index < -0.39 is 5.43 Å². The van der Waals surface area contributed by atoms with Gasteiger partial charge in [-0.15, -0.1) is 0 Å². The van der Waals surface area contributed by atoms with Crippen molar-refractivity contribution in [3.63, 3.8) is 0 Å². The van der Waals surface area contributed by atoms with E-state index in [1.54, 1.807) is 18.2 Å². The number of hydrogen-bond donors (Lipinski definition) is 3. The molecule has 0 aliphatic rings. The third-order valence-electron chi connectivity index (χ3n) is 3.81. The Morgan fingerprint density at radius 3 is 2.36 bits per heavy atom. The van der Waals surface area contributed by atoms with Gasteiger partial charge in [-0.2, -0.15) is 0 Å². The Balaban J connectivity index is 2.22. The van der Waals surface area contributed by atoms with Crippen molar-refractivity contribution in [2.75, 3.05) is 0 Å². The summed E-state index contributed by atoms with van der Waals surface area (Å²) in [5.74, 6) is 0.124. The van der Waals surface area contributed by atoms with Crippen LogP contribution in [0, 0.1) is 5.92 Å². The fraction of sp³-hybridized carbons (Fsp3) is 0.150. The van der Waals surface area contributed by atoms with Crippen LogP contribution in [0.2, 0.25) is 0 Å². The number of aromatic hydroxyl groups is 3. The summed E-state index contributed by atoms with van der Waals surface area (Å²) in [6, 6.07) is 8.78. The molecule has 0 unspecified atom stereocenters. The fourth-order valence-electron chi connectivity index (χ4n) is 2.53. The second-order valence-electron chi connectivity index (χ2n) is 6.16. The minimum Gasteiger partial charge on any atom is -0.508 e. The SMILES string of the molecule is CC(C)/C=C/c1c(O)cc2oc(-c3ccc(O)cc3)cc(=O)c2c1O. The van der Waals surface area contributed by atoms with Gasteiger partial charge in [-0.1, -0.05) is 26.0 Å². The van der Waals surface area contributed by atoms with Gasteiger partial charge in [0.15, 0.2) is 5.43 Å². The monoisotopic (exact) mass is 338 g/mol. The van der Waals surface area contributed by atoms with Gasteiger partial charge in [-0.3, -0.25) is 4.79 Å². The molecule has 0 saturated heterocycles. The average Bonchev–Trinajstić information content (AvgIpc) is 2.54. The first-order valence-corrected chi connectivity index (χ1v) is 7.87. The van der Waals surface area contributed by atoms with Crippen LogP contribution in [0.3, 0.4) is 0 Å². The number of benzene rings is 2. The predicted molar refractivity (Wildman–Crippen MR) is 96.8 cm³/mol. The zero-order valence-corrected chi connectivity index (χ0v) is 13.9. The van der Waals surface area contributed by atoms with E-state index in [1.807, 2.05) is 19.9 Å². The Morgan fingerprint density at radius 1 is 1.04 bits per heavy atom. The molecule has 0 bridgehead atoms. The van der Waals surface area contributed by atoms with Crippen LogP contribution in [0.4, 0.5) is 0 Å². The van der Waals surface area contributed by atoms with E-state index in [0.29, 0.717) is 5.56 Å². The van der Waals surface area contributed by atoms with Gasteiger partial charge >= 0.3 is 0 Å².